The van der Waals surface area contributed by atoms with Crippen LogP contribution in [0.3, 0.4) is 0 Å². The minimum absolute atomic E-state index is 0.118. The SMILES string of the molecule is CC1(C)C(=O)C(C#N)=C[C@@]2(C)CC=CO[C@@H]12. The zero-order valence-electron chi connectivity index (χ0n) is 9.78. The second-order valence-electron chi connectivity index (χ2n) is 5.32. The summed E-state index contributed by atoms with van der Waals surface area (Å²) in [5.41, 5.74) is -0.626. The smallest absolute Gasteiger partial charge is 0.182 e. The summed E-state index contributed by atoms with van der Waals surface area (Å²) in [5.74, 6) is -0.118. The Morgan fingerprint density at radius 1 is 1.50 bits per heavy atom. The van der Waals surface area contributed by atoms with Crippen molar-refractivity contribution in [2.24, 2.45) is 10.8 Å². The molecule has 3 heteroatoms. The molecule has 3 nitrogen and oxygen atoms in total. The summed E-state index contributed by atoms with van der Waals surface area (Å²) in [6.07, 6.45) is 5.99. The number of carbonyl (C=O) groups excluding carboxylic acids is 1. The van der Waals surface area contributed by atoms with Crippen LogP contribution < -0.4 is 0 Å². The van der Waals surface area contributed by atoms with E-state index in [1.54, 1.807) is 12.3 Å². The normalized spacial score (nSPS) is 35.8. The van der Waals surface area contributed by atoms with E-state index < -0.39 is 5.41 Å². The lowest BCUT2D eigenvalue weighted by Crippen LogP contribution is -2.52. The maximum absolute atomic E-state index is 12.1. The number of hydrogen-bond donors (Lipinski definition) is 0. The van der Waals surface area contributed by atoms with E-state index in [1.807, 2.05) is 32.9 Å². The summed E-state index contributed by atoms with van der Waals surface area (Å²) in [6, 6.07) is 2.00. The molecule has 16 heavy (non-hydrogen) atoms. The molecule has 2 aliphatic rings. The van der Waals surface area contributed by atoms with Gasteiger partial charge in [-0.25, -0.2) is 0 Å². The van der Waals surface area contributed by atoms with Crippen LogP contribution in [-0.4, -0.2) is 11.9 Å². The molecule has 0 aromatic carbocycles. The van der Waals surface area contributed by atoms with Crippen molar-refractivity contribution < 1.29 is 9.53 Å². The van der Waals surface area contributed by atoms with Gasteiger partial charge in [-0.1, -0.05) is 13.0 Å². The highest BCUT2D eigenvalue weighted by Gasteiger charge is 2.53. The number of carbonyl (C=O) groups is 1. The van der Waals surface area contributed by atoms with E-state index >= 15 is 0 Å². The van der Waals surface area contributed by atoms with Gasteiger partial charge in [0, 0.05) is 5.41 Å². The summed E-state index contributed by atoms with van der Waals surface area (Å²) in [7, 11) is 0. The van der Waals surface area contributed by atoms with Gasteiger partial charge in [0.25, 0.3) is 0 Å². The Kier molecular flexibility index (Phi) is 2.20. The van der Waals surface area contributed by atoms with E-state index in [-0.39, 0.29) is 22.9 Å². The molecule has 0 aromatic rings. The van der Waals surface area contributed by atoms with Crippen LogP contribution in [0, 0.1) is 22.2 Å². The summed E-state index contributed by atoms with van der Waals surface area (Å²) in [4.78, 5) is 12.1. The van der Waals surface area contributed by atoms with Crippen molar-refractivity contribution in [1.82, 2.24) is 0 Å². The number of nitriles is 1. The van der Waals surface area contributed by atoms with Crippen molar-refractivity contribution in [2.75, 3.05) is 0 Å². The number of hydrogen-bond acceptors (Lipinski definition) is 3. The molecule has 0 saturated carbocycles. The summed E-state index contributed by atoms with van der Waals surface area (Å²) in [5, 5.41) is 9.00. The molecule has 1 aliphatic carbocycles. The maximum Gasteiger partial charge on any atom is 0.182 e. The predicted octanol–water partition coefficient (Wildman–Crippen LogP) is 2.35. The monoisotopic (exact) mass is 217 g/mol. The van der Waals surface area contributed by atoms with E-state index in [0.29, 0.717) is 0 Å². The quantitative estimate of drug-likeness (QED) is 0.625. The van der Waals surface area contributed by atoms with Gasteiger partial charge < -0.3 is 4.74 Å². The Bertz CT molecular complexity index is 439. The molecule has 1 aliphatic heterocycles. The van der Waals surface area contributed by atoms with E-state index in [9.17, 15) is 4.79 Å². The zero-order chi connectivity index (χ0) is 12.0. The first-order valence-electron chi connectivity index (χ1n) is 5.40. The van der Waals surface area contributed by atoms with Crippen LogP contribution in [0.25, 0.3) is 0 Å². The molecular formula is C13H15NO2. The number of Topliss-reactive ketones (excluding diaryl/α,β-unsaturated/α-hetero) is 1. The molecule has 0 fully saturated rings. The zero-order valence-corrected chi connectivity index (χ0v) is 9.78. The van der Waals surface area contributed by atoms with Crippen LogP contribution in [0.2, 0.25) is 0 Å². The average Bonchev–Trinajstić information content (AvgIpc) is 2.24. The lowest BCUT2D eigenvalue weighted by Gasteiger charge is -2.47. The molecule has 2 atom stereocenters. The van der Waals surface area contributed by atoms with Crippen LogP contribution >= 0.6 is 0 Å². The third-order valence-electron chi connectivity index (χ3n) is 3.55. The lowest BCUT2D eigenvalue weighted by atomic mass is 9.61. The highest BCUT2D eigenvalue weighted by molar-refractivity contribution is 6.04. The Balaban J connectivity index is 2.58. The minimum Gasteiger partial charge on any atom is -0.496 e. The van der Waals surface area contributed by atoms with Gasteiger partial charge in [0.05, 0.1) is 17.3 Å². The van der Waals surface area contributed by atoms with Gasteiger partial charge in [-0.3, -0.25) is 4.79 Å². The second-order valence-corrected chi connectivity index (χ2v) is 5.32. The van der Waals surface area contributed by atoms with Gasteiger partial charge in [0.2, 0.25) is 0 Å². The number of fused-ring (bicyclic) bond motifs is 1. The number of ether oxygens (including phenoxy) is 1. The molecule has 0 unspecified atom stereocenters. The van der Waals surface area contributed by atoms with E-state index in [0.717, 1.165) is 6.42 Å². The van der Waals surface area contributed by atoms with Crippen LogP contribution in [0.15, 0.2) is 24.0 Å². The van der Waals surface area contributed by atoms with Crippen LogP contribution in [0.1, 0.15) is 27.2 Å². The maximum atomic E-state index is 12.1. The van der Waals surface area contributed by atoms with Gasteiger partial charge in [-0.2, -0.15) is 5.26 Å². The Labute approximate surface area is 95.4 Å². The first-order chi connectivity index (χ1) is 7.42. The van der Waals surface area contributed by atoms with Gasteiger partial charge in [-0.05, 0) is 26.3 Å². The molecule has 0 N–H and O–H groups in total. The molecule has 84 valence electrons. The molecule has 0 saturated heterocycles. The molecule has 0 radical (unpaired) electrons. The summed E-state index contributed by atoms with van der Waals surface area (Å²) < 4.78 is 5.61. The fourth-order valence-electron chi connectivity index (χ4n) is 2.77. The average molecular weight is 217 g/mol. The minimum atomic E-state index is -0.640. The number of ketones is 1. The van der Waals surface area contributed by atoms with Gasteiger partial charge in [0.1, 0.15) is 12.2 Å². The van der Waals surface area contributed by atoms with Gasteiger partial charge >= 0.3 is 0 Å². The fraction of sp³-hybridized carbons (Fsp3) is 0.538. The van der Waals surface area contributed by atoms with Gasteiger partial charge in [-0.15, -0.1) is 0 Å². The topological polar surface area (TPSA) is 50.1 Å². The largest absolute Gasteiger partial charge is 0.496 e. The third kappa shape index (κ3) is 1.30. The van der Waals surface area contributed by atoms with Gasteiger partial charge in [0.15, 0.2) is 5.78 Å². The number of nitrogens with zero attached hydrogens (tertiary/aromatic N) is 1. The highest BCUT2D eigenvalue weighted by atomic mass is 16.5. The van der Waals surface area contributed by atoms with E-state index in [2.05, 4.69) is 0 Å². The van der Waals surface area contributed by atoms with Crippen molar-refractivity contribution in [2.45, 2.75) is 33.3 Å². The first kappa shape index (κ1) is 10.9. The third-order valence-corrected chi connectivity index (χ3v) is 3.55. The van der Waals surface area contributed by atoms with E-state index in [1.165, 1.54) is 0 Å². The van der Waals surface area contributed by atoms with Crippen molar-refractivity contribution in [3.8, 4) is 6.07 Å². The van der Waals surface area contributed by atoms with Crippen LogP contribution in [0.4, 0.5) is 0 Å². The molecule has 0 bridgehead atoms. The lowest BCUT2D eigenvalue weighted by molar-refractivity contribution is -0.137. The van der Waals surface area contributed by atoms with Crippen LogP contribution in [-0.2, 0) is 9.53 Å². The highest BCUT2D eigenvalue weighted by Crippen LogP contribution is 2.48. The molecule has 1 heterocycles. The number of rotatable bonds is 0. The molecule has 0 spiro atoms. The summed E-state index contributed by atoms with van der Waals surface area (Å²) >= 11 is 0. The standard InChI is InChI=1S/C13H15NO2/c1-12(2)10(15)9(8-14)7-13(3)5-4-6-16-11(12)13/h4,6-7,11H,5H2,1-3H3/t11-,13+/m0/s1. The van der Waals surface area contributed by atoms with Crippen LogP contribution in [0.5, 0.6) is 0 Å². The predicted molar refractivity (Wildman–Crippen MR) is 59.2 cm³/mol. The van der Waals surface area contributed by atoms with E-state index in [4.69, 9.17) is 10.00 Å². The number of allylic oxidation sites excluding steroid dienone is 2. The fourth-order valence-corrected chi connectivity index (χ4v) is 2.77. The Hall–Kier alpha value is -1.56. The molecule has 0 aromatic heterocycles. The molecule has 2 rings (SSSR count). The Morgan fingerprint density at radius 3 is 2.81 bits per heavy atom. The Morgan fingerprint density at radius 2 is 2.19 bits per heavy atom. The first-order valence-corrected chi connectivity index (χ1v) is 5.40. The molecule has 0 amide bonds. The van der Waals surface area contributed by atoms with Crippen molar-refractivity contribution in [3.63, 3.8) is 0 Å². The molecular weight excluding hydrogens is 202 g/mol. The van der Waals surface area contributed by atoms with Crippen molar-refractivity contribution in [1.29, 1.82) is 5.26 Å². The van der Waals surface area contributed by atoms with Crippen molar-refractivity contribution >= 4 is 5.78 Å². The summed E-state index contributed by atoms with van der Waals surface area (Å²) in [6.45, 7) is 5.73. The van der Waals surface area contributed by atoms with Crippen molar-refractivity contribution in [3.05, 3.63) is 24.0 Å². The second kappa shape index (κ2) is 3.21.